The number of hydrogen-bond donors (Lipinski definition) is 2. The summed E-state index contributed by atoms with van der Waals surface area (Å²) in [7, 11) is 0. The number of ether oxygens (including phenoxy) is 1. The summed E-state index contributed by atoms with van der Waals surface area (Å²) in [6, 6.07) is 7.16. The smallest absolute Gasteiger partial charge is 0.277 e. The van der Waals surface area contributed by atoms with Gasteiger partial charge in [-0.2, -0.15) is 0 Å². The molecular formula is C13H18F2N2O2S. The van der Waals surface area contributed by atoms with Crippen molar-refractivity contribution in [3.63, 3.8) is 0 Å². The van der Waals surface area contributed by atoms with E-state index in [1.165, 1.54) is 6.92 Å². The van der Waals surface area contributed by atoms with E-state index < -0.39 is 31.0 Å². The predicted octanol–water partition coefficient (Wildman–Crippen LogP) is 1.89. The molecule has 3 N–H and O–H groups in total. The molecule has 0 heterocycles. The molecule has 1 aromatic carbocycles. The van der Waals surface area contributed by atoms with Gasteiger partial charge < -0.3 is 15.8 Å². The van der Waals surface area contributed by atoms with Crippen LogP contribution in [0.1, 0.15) is 6.92 Å². The number of hydrogen-bond acceptors (Lipinski definition) is 4. The standard InChI is InChI=1S/C13H18F2N2O2S/c1-9(12(18)17-8-13(14,15)7-16)19-10-3-5-11(20-2)6-4-10/h3-6,9H,7-8,16H2,1-2H3,(H,17,18). The molecule has 0 aliphatic carbocycles. The van der Waals surface area contributed by atoms with E-state index in [9.17, 15) is 13.6 Å². The van der Waals surface area contributed by atoms with Crippen molar-refractivity contribution < 1.29 is 18.3 Å². The highest BCUT2D eigenvalue weighted by Crippen LogP contribution is 2.19. The summed E-state index contributed by atoms with van der Waals surface area (Å²) < 4.78 is 31.2. The van der Waals surface area contributed by atoms with Crippen LogP contribution in [0.15, 0.2) is 29.2 Å². The zero-order valence-electron chi connectivity index (χ0n) is 11.4. The van der Waals surface area contributed by atoms with Crippen LogP contribution in [-0.4, -0.2) is 37.3 Å². The minimum atomic E-state index is -3.10. The quantitative estimate of drug-likeness (QED) is 0.755. The molecule has 0 aliphatic heterocycles. The number of amides is 1. The van der Waals surface area contributed by atoms with Crippen molar-refractivity contribution in [1.29, 1.82) is 0 Å². The second-order valence-corrected chi connectivity index (χ2v) is 5.09. The van der Waals surface area contributed by atoms with E-state index in [0.29, 0.717) is 5.75 Å². The number of rotatable bonds is 7. The Morgan fingerprint density at radius 2 is 2.05 bits per heavy atom. The fourth-order valence-electron chi connectivity index (χ4n) is 1.34. The van der Waals surface area contributed by atoms with Gasteiger partial charge in [0.2, 0.25) is 0 Å². The molecule has 0 saturated carbocycles. The van der Waals surface area contributed by atoms with E-state index in [0.717, 1.165) is 4.90 Å². The van der Waals surface area contributed by atoms with Crippen LogP contribution in [0.4, 0.5) is 8.78 Å². The Hall–Kier alpha value is -1.34. The molecule has 0 fully saturated rings. The molecule has 4 nitrogen and oxygen atoms in total. The number of carbonyl (C=O) groups is 1. The van der Waals surface area contributed by atoms with Crippen molar-refractivity contribution in [1.82, 2.24) is 5.32 Å². The number of thioether (sulfide) groups is 1. The molecule has 112 valence electrons. The van der Waals surface area contributed by atoms with E-state index in [4.69, 9.17) is 10.5 Å². The fourth-order valence-corrected chi connectivity index (χ4v) is 1.75. The van der Waals surface area contributed by atoms with Gasteiger partial charge in [0, 0.05) is 4.90 Å². The maximum absolute atomic E-state index is 12.9. The average Bonchev–Trinajstić information content (AvgIpc) is 2.45. The second-order valence-electron chi connectivity index (χ2n) is 4.21. The van der Waals surface area contributed by atoms with E-state index in [2.05, 4.69) is 5.32 Å². The number of nitrogens with two attached hydrogens (primary N) is 1. The zero-order chi connectivity index (χ0) is 15.2. The maximum atomic E-state index is 12.9. The SMILES string of the molecule is CSc1ccc(OC(C)C(=O)NCC(F)(F)CN)cc1. The molecule has 0 radical (unpaired) electrons. The Morgan fingerprint density at radius 3 is 2.55 bits per heavy atom. The molecule has 1 amide bonds. The van der Waals surface area contributed by atoms with Gasteiger partial charge in [0.1, 0.15) is 5.75 Å². The fraction of sp³-hybridized carbons (Fsp3) is 0.462. The Balaban J connectivity index is 2.48. The average molecular weight is 304 g/mol. The first kappa shape index (κ1) is 16.7. The molecule has 1 rings (SSSR count). The van der Waals surface area contributed by atoms with Crippen molar-refractivity contribution in [2.24, 2.45) is 5.73 Å². The summed E-state index contributed by atoms with van der Waals surface area (Å²) in [5.74, 6) is -3.20. The van der Waals surface area contributed by atoms with Crippen LogP contribution in [0.3, 0.4) is 0 Å². The summed E-state index contributed by atoms with van der Waals surface area (Å²) in [4.78, 5) is 12.7. The number of carbonyl (C=O) groups excluding carboxylic acids is 1. The van der Waals surface area contributed by atoms with Crippen LogP contribution in [0.2, 0.25) is 0 Å². The highest BCUT2D eigenvalue weighted by molar-refractivity contribution is 7.98. The van der Waals surface area contributed by atoms with Gasteiger partial charge in [-0.05, 0) is 37.4 Å². The number of nitrogens with one attached hydrogen (secondary N) is 1. The van der Waals surface area contributed by atoms with E-state index in [-0.39, 0.29) is 0 Å². The summed E-state index contributed by atoms with van der Waals surface area (Å²) in [6.45, 7) is -0.0987. The molecule has 0 aromatic heterocycles. The Kier molecular flexibility index (Phi) is 6.22. The van der Waals surface area contributed by atoms with E-state index in [1.807, 2.05) is 18.4 Å². The van der Waals surface area contributed by atoms with Crippen LogP contribution >= 0.6 is 11.8 Å². The van der Waals surface area contributed by atoms with Gasteiger partial charge in [-0.25, -0.2) is 8.78 Å². The van der Waals surface area contributed by atoms with Crippen LogP contribution in [0.25, 0.3) is 0 Å². The van der Waals surface area contributed by atoms with Crippen LogP contribution < -0.4 is 15.8 Å². The van der Waals surface area contributed by atoms with Gasteiger partial charge in [-0.3, -0.25) is 4.79 Å². The van der Waals surface area contributed by atoms with Crippen molar-refractivity contribution in [3.05, 3.63) is 24.3 Å². The van der Waals surface area contributed by atoms with Gasteiger partial charge in [-0.15, -0.1) is 11.8 Å². The third kappa shape index (κ3) is 5.34. The van der Waals surface area contributed by atoms with Gasteiger partial charge in [0.25, 0.3) is 11.8 Å². The van der Waals surface area contributed by atoms with Gasteiger partial charge in [-0.1, -0.05) is 0 Å². The molecule has 20 heavy (non-hydrogen) atoms. The highest BCUT2D eigenvalue weighted by Gasteiger charge is 2.28. The molecule has 0 bridgehead atoms. The highest BCUT2D eigenvalue weighted by atomic mass is 32.2. The second kappa shape index (κ2) is 7.44. The van der Waals surface area contributed by atoms with Crippen molar-refractivity contribution in [2.75, 3.05) is 19.3 Å². The lowest BCUT2D eigenvalue weighted by atomic mass is 10.3. The van der Waals surface area contributed by atoms with Gasteiger partial charge in [0.15, 0.2) is 6.10 Å². The molecular weight excluding hydrogens is 286 g/mol. The monoisotopic (exact) mass is 304 g/mol. The molecule has 0 aliphatic rings. The maximum Gasteiger partial charge on any atom is 0.277 e. The van der Waals surface area contributed by atoms with Gasteiger partial charge in [0.05, 0.1) is 13.1 Å². The lowest BCUT2D eigenvalue weighted by Crippen LogP contribution is -2.45. The number of benzene rings is 1. The number of alkyl halides is 2. The largest absolute Gasteiger partial charge is 0.481 e. The topological polar surface area (TPSA) is 64.3 Å². The first-order chi connectivity index (χ1) is 9.38. The Labute approximate surface area is 121 Å². The van der Waals surface area contributed by atoms with Crippen molar-refractivity contribution in [3.8, 4) is 5.75 Å². The summed E-state index contributed by atoms with van der Waals surface area (Å²) >= 11 is 1.59. The van der Waals surface area contributed by atoms with E-state index in [1.54, 1.807) is 23.9 Å². The normalized spacial score (nSPS) is 12.8. The molecule has 1 aromatic rings. The summed E-state index contributed by atoms with van der Waals surface area (Å²) in [5.41, 5.74) is 4.88. The first-order valence-corrected chi connectivity index (χ1v) is 7.27. The molecule has 0 saturated heterocycles. The van der Waals surface area contributed by atoms with Gasteiger partial charge >= 0.3 is 0 Å². The summed E-state index contributed by atoms with van der Waals surface area (Å²) in [6.07, 6.45) is 1.09. The molecule has 1 unspecified atom stereocenters. The third-order valence-corrected chi connectivity index (χ3v) is 3.30. The molecule has 1 atom stereocenters. The van der Waals surface area contributed by atoms with E-state index >= 15 is 0 Å². The van der Waals surface area contributed by atoms with Crippen LogP contribution in [0.5, 0.6) is 5.75 Å². The van der Waals surface area contributed by atoms with Crippen molar-refractivity contribution in [2.45, 2.75) is 23.8 Å². The lowest BCUT2D eigenvalue weighted by Gasteiger charge is -2.18. The number of halogens is 2. The Morgan fingerprint density at radius 1 is 1.45 bits per heavy atom. The first-order valence-electron chi connectivity index (χ1n) is 6.04. The minimum absolute atomic E-state index is 0.510. The summed E-state index contributed by atoms with van der Waals surface area (Å²) in [5, 5.41) is 2.12. The third-order valence-electron chi connectivity index (χ3n) is 2.56. The minimum Gasteiger partial charge on any atom is -0.481 e. The van der Waals surface area contributed by atoms with Crippen LogP contribution in [-0.2, 0) is 4.79 Å². The van der Waals surface area contributed by atoms with Crippen molar-refractivity contribution >= 4 is 17.7 Å². The Bertz CT molecular complexity index is 441. The zero-order valence-corrected chi connectivity index (χ0v) is 12.2. The molecule has 7 heteroatoms. The van der Waals surface area contributed by atoms with Crippen LogP contribution in [0, 0.1) is 0 Å². The molecule has 0 spiro atoms. The lowest BCUT2D eigenvalue weighted by molar-refractivity contribution is -0.129. The predicted molar refractivity (Wildman–Crippen MR) is 75.3 cm³/mol.